The predicted octanol–water partition coefficient (Wildman–Crippen LogP) is 1.72. The van der Waals surface area contributed by atoms with E-state index in [1.54, 1.807) is 6.92 Å². The van der Waals surface area contributed by atoms with E-state index >= 15 is 0 Å². The first-order chi connectivity index (χ1) is 9.47. The van der Waals surface area contributed by atoms with Crippen molar-refractivity contribution < 1.29 is 23.4 Å². The average Bonchev–Trinajstić information content (AvgIpc) is 2.42. The lowest BCUT2D eigenvalue weighted by molar-refractivity contribution is -0.141. The lowest BCUT2D eigenvalue weighted by atomic mass is 10.1. The van der Waals surface area contributed by atoms with E-state index in [4.69, 9.17) is 4.74 Å². The van der Waals surface area contributed by atoms with Crippen LogP contribution in [-0.4, -0.2) is 41.2 Å². The van der Waals surface area contributed by atoms with Crippen molar-refractivity contribution in [1.29, 1.82) is 0 Å². The van der Waals surface area contributed by atoms with E-state index in [-0.39, 0.29) is 18.2 Å². The molecule has 1 aliphatic heterocycles. The molecule has 2 unspecified atom stereocenters. The van der Waals surface area contributed by atoms with Crippen molar-refractivity contribution in [2.75, 3.05) is 13.1 Å². The highest BCUT2D eigenvalue weighted by molar-refractivity contribution is 5.81. The summed E-state index contributed by atoms with van der Waals surface area (Å²) in [5.41, 5.74) is 0. The second-order valence-electron chi connectivity index (χ2n) is 4.92. The van der Waals surface area contributed by atoms with E-state index in [2.05, 4.69) is 0 Å². The molecule has 110 valence electrons. The summed E-state index contributed by atoms with van der Waals surface area (Å²) in [7, 11) is 0. The molecular formula is C14H17F2NO3. The third kappa shape index (κ3) is 3.45. The van der Waals surface area contributed by atoms with Crippen molar-refractivity contribution in [3.63, 3.8) is 0 Å². The van der Waals surface area contributed by atoms with Gasteiger partial charge in [-0.3, -0.25) is 4.79 Å². The summed E-state index contributed by atoms with van der Waals surface area (Å²) >= 11 is 0. The SMILES string of the molecule is CC(Oc1ccc(F)c(F)c1)C(=O)N1CCCC(O)C1. The number of nitrogens with zero attached hydrogens (tertiary/aromatic N) is 1. The Balaban J connectivity index is 1.98. The van der Waals surface area contributed by atoms with Gasteiger partial charge < -0.3 is 14.7 Å². The third-order valence-electron chi connectivity index (χ3n) is 3.26. The molecule has 1 amide bonds. The molecule has 20 heavy (non-hydrogen) atoms. The topological polar surface area (TPSA) is 49.8 Å². The van der Waals surface area contributed by atoms with E-state index in [1.807, 2.05) is 0 Å². The smallest absolute Gasteiger partial charge is 0.263 e. The molecule has 0 radical (unpaired) electrons. The zero-order chi connectivity index (χ0) is 14.7. The number of halogens is 2. The number of aliphatic hydroxyl groups is 1. The summed E-state index contributed by atoms with van der Waals surface area (Å²) in [4.78, 5) is 13.6. The largest absolute Gasteiger partial charge is 0.481 e. The van der Waals surface area contributed by atoms with Crippen molar-refractivity contribution >= 4 is 5.91 Å². The Morgan fingerprint density at radius 1 is 1.45 bits per heavy atom. The second kappa shape index (κ2) is 6.17. The maximum atomic E-state index is 13.1. The van der Waals surface area contributed by atoms with E-state index in [0.717, 1.165) is 18.6 Å². The van der Waals surface area contributed by atoms with Gasteiger partial charge in [-0.1, -0.05) is 0 Å². The van der Waals surface area contributed by atoms with Crippen LogP contribution in [-0.2, 0) is 4.79 Å². The number of ether oxygens (including phenoxy) is 1. The van der Waals surface area contributed by atoms with Gasteiger partial charge in [-0.2, -0.15) is 0 Å². The van der Waals surface area contributed by atoms with Gasteiger partial charge in [-0.05, 0) is 31.9 Å². The first kappa shape index (κ1) is 14.7. The van der Waals surface area contributed by atoms with Crippen LogP contribution in [0.2, 0.25) is 0 Å². The van der Waals surface area contributed by atoms with Gasteiger partial charge in [0.15, 0.2) is 17.7 Å². The van der Waals surface area contributed by atoms with Crippen LogP contribution >= 0.6 is 0 Å². The van der Waals surface area contributed by atoms with Crippen LogP contribution in [0.25, 0.3) is 0 Å². The minimum Gasteiger partial charge on any atom is -0.481 e. The standard InChI is InChI=1S/C14H17F2NO3/c1-9(14(19)17-6-2-3-10(18)8-17)20-11-4-5-12(15)13(16)7-11/h4-5,7,9-10,18H,2-3,6,8H2,1H3. The number of piperidine rings is 1. The third-order valence-corrected chi connectivity index (χ3v) is 3.26. The Morgan fingerprint density at radius 3 is 2.85 bits per heavy atom. The van der Waals surface area contributed by atoms with Crippen LogP contribution in [0, 0.1) is 11.6 Å². The van der Waals surface area contributed by atoms with E-state index in [0.29, 0.717) is 13.0 Å². The number of hydrogen-bond donors (Lipinski definition) is 1. The molecule has 1 saturated heterocycles. The molecule has 1 aromatic carbocycles. The first-order valence-electron chi connectivity index (χ1n) is 6.56. The molecule has 2 rings (SSSR count). The minimum absolute atomic E-state index is 0.0994. The average molecular weight is 285 g/mol. The van der Waals surface area contributed by atoms with E-state index < -0.39 is 23.8 Å². The quantitative estimate of drug-likeness (QED) is 0.920. The Hall–Kier alpha value is -1.69. The summed E-state index contributed by atoms with van der Waals surface area (Å²) in [6.07, 6.45) is 0.0980. The van der Waals surface area contributed by atoms with Gasteiger partial charge in [0.2, 0.25) is 0 Å². The van der Waals surface area contributed by atoms with E-state index in [1.165, 1.54) is 11.0 Å². The number of amides is 1. The maximum Gasteiger partial charge on any atom is 0.263 e. The molecule has 1 fully saturated rings. The van der Waals surface area contributed by atoms with Gasteiger partial charge in [-0.15, -0.1) is 0 Å². The van der Waals surface area contributed by atoms with Crippen LogP contribution in [0.1, 0.15) is 19.8 Å². The Kier molecular flexibility index (Phi) is 4.54. The summed E-state index contributed by atoms with van der Waals surface area (Å²) in [6.45, 7) is 2.40. The number of carbonyl (C=O) groups is 1. The lowest BCUT2D eigenvalue weighted by Gasteiger charge is -2.32. The Bertz CT molecular complexity index is 495. The molecule has 1 heterocycles. The fraction of sp³-hybridized carbons (Fsp3) is 0.500. The highest BCUT2D eigenvalue weighted by Crippen LogP contribution is 2.18. The van der Waals surface area contributed by atoms with Gasteiger partial charge in [0.1, 0.15) is 5.75 Å². The molecule has 0 aromatic heterocycles. The fourth-order valence-corrected chi connectivity index (χ4v) is 2.22. The van der Waals surface area contributed by atoms with Crippen LogP contribution in [0.3, 0.4) is 0 Å². The molecule has 2 atom stereocenters. The van der Waals surface area contributed by atoms with E-state index in [9.17, 15) is 18.7 Å². The first-order valence-corrected chi connectivity index (χ1v) is 6.56. The second-order valence-corrected chi connectivity index (χ2v) is 4.92. The van der Waals surface area contributed by atoms with Gasteiger partial charge in [0, 0.05) is 19.2 Å². The molecule has 6 heteroatoms. The molecular weight excluding hydrogens is 268 g/mol. The molecule has 0 aliphatic carbocycles. The van der Waals surface area contributed by atoms with Crippen molar-refractivity contribution in [3.05, 3.63) is 29.8 Å². The van der Waals surface area contributed by atoms with Crippen LogP contribution < -0.4 is 4.74 Å². The number of rotatable bonds is 3. The summed E-state index contributed by atoms with van der Waals surface area (Å²) in [5, 5.41) is 9.54. The number of carbonyl (C=O) groups excluding carboxylic acids is 1. The van der Waals surface area contributed by atoms with Crippen LogP contribution in [0.15, 0.2) is 18.2 Å². The molecule has 1 aromatic rings. The molecule has 0 bridgehead atoms. The highest BCUT2D eigenvalue weighted by Gasteiger charge is 2.26. The lowest BCUT2D eigenvalue weighted by Crippen LogP contribution is -2.47. The van der Waals surface area contributed by atoms with Gasteiger partial charge >= 0.3 is 0 Å². The number of likely N-dealkylation sites (tertiary alicyclic amines) is 1. The van der Waals surface area contributed by atoms with Crippen LogP contribution in [0.5, 0.6) is 5.75 Å². The number of β-amino-alcohol motifs (C(OH)–C–C–N with tert-alkyl or cyclic N) is 1. The molecule has 4 nitrogen and oxygen atoms in total. The molecule has 0 saturated carbocycles. The summed E-state index contributed by atoms with van der Waals surface area (Å²) < 4.78 is 31.2. The van der Waals surface area contributed by atoms with Crippen molar-refractivity contribution in [2.45, 2.75) is 32.0 Å². The fourth-order valence-electron chi connectivity index (χ4n) is 2.22. The maximum absolute atomic E-state index is 13.1. The Morgan fingerprint density at radius 2 is 2.20 bits per heavy atom. The van der Waals surface area contributed by atoms with Crippen LogP contribution in [0.4, 0.5) is 8.78 Å². The number of hydrogen-bond acceptors (Lipinski definition) is 3. The summed E-state index contributed by atoms with van der Waals surface area (Å²) in [5.74, 6) is -2.15. The highest BCUT2D eigenvalue weighted by atomic mass is 19.2. The van der Waals surface area contributed by atoms with Crippen molar-refractivity contribution in [2.24, 2.45) is 0 Å². The molecule has 1 aliphatic rings. The number of aliphatic hydroxyl groups excluding tert-OH is 1. The normalized spacial score (nSPS) is 20.6. The minimum atomic E-state index is -1.02. The molecule has 0 spiro atoms. The molecule has 1 N–H and O–H groups in total. The van der Waals surface area contributed by atoms with Crippen molar-refractivity contribution in [1.82, 2.24) is 4.90 Å². The monoisotopic (exact) mass is 285 g/mol. The van der Waals surface area contributed by atoms with Crippen molar-refractivity contribution in [3.8, 4) is 5.75 Å². The number of benzene rings is 1. The van der Waals surface area contributed by atoms with Gasteiger partial charge in [-0.25, -0.2) is 8.78 Å². The summed E-state index contributed by atoms with van der Waals surface area (Å²) in [6, 6.07) is 3.13. The zero-order valence-corrected chi connectivity index (χ0v) is 11.2. The predicted molar refractivity (Wildman–Crippen MR) is 68.3 cm³/mol. The van der Waals surface area contributed by atoms with Gasteiger partial charge in [0.25, 0.3) is 5.91 Å². The van der Waals surface area contributed by atoms with Gasteiger partial charge in [0.05, 0.1) is 6.10 Å². The Labute approximate surface area is 116 Å². The zero-order valence-electron chi connectivity index (χ0n) is 11.2.